The van der Waals surface area contributed by atoms with Crippen LogP contribution in [0.25, 0.3) is 17.3 Å². The Balaban J connectivity index is 1.72. The fraction of sp³-hybridized carbons (Fsp3) is 0.217. The standard InChI is InChI=1S/C23H23BrN2O3S/c1-5-29-22-18(24)11-16(12-20(22)28-4)8-9-21(27)26-23-25-19(13-30-23)17-10-14(2)6-7-15(17)3/h6-13H,5H2,1-4H3,(H,25,26,27). The Morgan fingerprint density at radius 1 is 1.27 bits per heavy atom. The minimum Gasteiger partial charge on any atom is -0.493 e. The van der Waals surface area contributed by atoms with E-state index in [1.54, 1.807) is 13.2 Å². The van der Waals surface area contributed by atoms with Crippen LogP contribution in [0.4, 0.5) is 5.13 Å². The van der Waals surface area contributed by atoms with E-state index < -0.39 is 0 Å². The van der Waals surface area contributed by atoms with Crippen molar-refractivity contribution < 1.29 is 14.3 Å². The van der Waals surface area contributed by atoms with E-state index in [2.05, 4.69) is 58.3 Å². The summed E-state index contributed by atoms with van der Waals surface area (Å²) in [6.07, 6.45) is 3.19. The van der Waals surface area contributed by atoms with Crippen molar-refractivity contribution in [3.8, 4) is 22.8 Å². The van der Waals surface area contributed by atoms with Crippen LogP contribution in [0, 0.1) is 13.8 Å². The molecule has 30 heavy (non-hydrogen) atoms. The maximum absolute atomic E-state index is 12.4. The Labute approximate surface area is 188 Å². The van der Waals surface area contributed by atoms with Crippen molar-refractivity contribution in [2.45, 2.75) is 20.8 Å². The number of anilines is 1. The number of carbonyl (C=O) groups excluding carboxylic acids is 1. The maximum Gasteiger partial charge on any atom is 0.250 e. The number of hydrogen-bond acceptors (Lipinski definition) is 5. The zero-order valence-corrected chi connectivity index (χ0v) is 19.7. The zero-order valence-electron chi connectivity index (χ0n) is 17.3. The molecule has 0 spiro atoms. The smallest absolute Gasteiger partial charge is 0.250 e. The van der Waals surface area contributed by atoms with Gasteiger partial charge in [-0.05, 0) is 72.1 Å². The predicted octanol–water partition coefficient (Wildman–Crippen LogP) is 6.25. The molecule has 1 N–H and O–H groups in total. The Bertz CT molecular complexity index is 1090. The highest BCUT2D eigenvalue weighted by molar-refractivity contribution is 9.10. The number of aryl methyl sites for hydroxylation is 2. The van der Waals surface area contributed by atoms with Crippen molar-refractivity contribution in [2.24, 2.45) is 0 Å². The van der Waals surface area contributed by atoms with Crippen LogP contribution < -0.4 is 14.8 Å². The fourth-order valence-electron chi connectivity index (χ4n) is 2.91. The number of hydrogen-bond donors (Lipinski definition) is 1. The molecule has 156 valence electrons. The number of aromatic nitrogens is 1. The number of nitrogens with zero attached hydrogens (tertiary/aromatic N) is 1. The lowest BCUT2D eigenvalue weighted by molar-refractivity contribution is -0.111. The van der Waals surface area contributed by atoms with E-state index in [-0.39, 0.29) is 5.91 Å². The molecule has 3 aromatic rings. The van der Waals surface area contributed by atoms with Crippen molar-refractivity contribution in [1.82, 2.24) is 4.98 Å². The highest BCUT2D eigenvalue weighted by Crippen LogP contribution is 2.37. The average Bonchev–Trinajstić information content (AvgIpc) is 3.18. The highest BCUT2D eigenvalue weighted by Gasteiger charge is 2.11. The summed E-state index contributed by atoms with van der Waals surface area (Å²) in [5, 5.41) is 5.34. The van der Waals surface area contributed by atoms with Crippen LogP contribution in [0.5, 0.6) is 11.5 Å². The van der Waals surface area contributed by atoms with E-state index in [4.69, 9.17) is 9.47 Å². The van der Waals surface area contributed by atoms with Gasteiger partial charge in [0.15, 0.2) is 16.6 Å². The average molecular weight is 487 g/mol. The highest BCUT2D eigenvalue weighted by atomic mass is 79.9. The third-order valence-corrected chi connectivity index (χ3v) is 5.72. The lowest BCUT2D eigenvalue weighted by Gasteiger charge is -2.12. The van der Waals surface area contributed by atoms with Gasteiger partial charge in [-0.1, -0.05) is 17.7 Å². The topological polar surface area (TPSA) is 60.5 Å². The number of rotatable bonds is 7. The molecule has 0 radical (unpaired) electrons. The number of halogens is 1. The molecule has 0 fully saturated rings. The molecule has 1 amide bonds. The predicted molar refractivity (Wildman–Crippen MR) is 127 cm³/mol. The molecule has 0 aliphatic rings. The Hall–Kier alpha value is -2.64. The first-order valence-electron chi connectivity index (χ1n) is 9.43. The van der Waals surface area contributed by atoms with E-state index in [0.29, 0.717) is 23.2 Å². The van der Waals surface area contributed by atoms with E-state index >= 15 is 0 Å². The molecule has 0 aliphatic heterocycles. The monoisotopic (exact) mass is 486 g/mol. The third kappa shape index (κ3) is 5.29. The van der Waals surface area contributed by atoms with Gasteiger partial charge in [-0.25, -0.2) is 4.98 Å². The van der Waals surface area contributed by atoms with Crippen LogP contribution in [0.3, 0.4) is 0 Å². The lowest BCUT2D eigenvalue weighted by atomic mass is 10.0. The van der Waals surface area contributed by atoms with Crippen LogP contribution >= 0.6 is 27.3 Å². The normalized spacial score (nSPS) is 11.0. The number of methoxy groups -OCH3 is 1. The molecule has 5 nitrogen and oxygen atoms in total. The molecule has 0 unspecified atom stereocenters. The minimum atomic E-state index is -0.249. The van der Waals surface area contributed by atoms with Gasteiger partial charge in [0.25, 0.3) is 0 Å². The molecule has 0 aliphatic carbocycles. The molecule has 0 saturated carbocycles. The van der Waals surface area contributed by atoms with Gasteiger partial charge in [0.1, 0.15) is 0 Å². The number of ether oxygens (including phenoxy) is 2. The first kappa shape index (κ1) is 22.1. The number of amides is 1. The van der Waals surface area contributed by atoms with Crippen molar-refractivity contribution >= 4 is 44.4 Å². The van der Waals surface area contributed by atoms with Crippen LogP contribution in [0.2, 0.25) is 0 Å². The molecule has 0 atom stereocenters. The Morgan fingerprint density at radius 2 is 2.07 bits per heavy atom. The van der Waals surface area contributed by atoms with Gasteiger partial charge in [-0.3, -0.25) is 10.1 Å². The molecule has 2 aromatic carbocycles. The summed E-state index contributed by atoms with van der Waals surface area (Å²) < 4.78 is 11.7. The molecular formula is C23H23BrN2O3S. The first-order chi connectivity index (χ1) is 14.4. The maximum atomic E-state index is 12.4. The van der Waals surface area contributed by atoms with Crippen molar-refractivity contribution in [3.05, 3.63) is 63.0 Å². The Morgan fingerprint density at radius 3 is 2.80 bits per heavy atom. The SMILES string of the molecule is CCOc1c(Br)cc(C=CC(=O)Nc2nc(-c3cc(C)ccc3C)cs2)cc1OC. The number of carbonyl (C=O) groups is 1. The third-order valence-electron chi connectivity index (χ3n) is 4.37. The second kappa shape index (κ2) is 9.91. The van der Waals surface area contributed by atoms with Gasteiger partial charge < -0.3 is 9.47 Å². The summed E-state index contributed by atoms with van der Waals surface area (Å²) in [6.45, 7) is 6.55. The largest absolute Gasteiger partial charge is 0.493 e. The van der Waals surface area contributed by atoms with Gasteiger partial charge >= 0.3 is 0 Å². The molecular weight excluding hydrogens is 464 g/mol. The number of benzene rings is 2. The van der Waals surface area contributed by atoms with Gasteiger partial charge in [0, 0.05) is 17.0 Å². The van der Waals surface area contributed by atoms with Crippen molar-refractivity contribution in [2.75, 3.05) is 19.0 Å². The molecule has 1 heterocycles. The quantitative estimate of drug-likeness (QED) is 0.401. The van der Waals surface area contributed by atoms with Crippen molar-refractivity contribution in [1.29, 1.82) is 0 Å². The van der Waals surface area contributed by atoms with E-state index in [9.17, 15) is 4.79 Å². The van der Waals surface area contributed by atoms with Crippen molar-refractivity contribution in [3.63, 3.8) is 0 Å². The fourth-order valence-corrected chi connectivity index (χ4v) is 4.19. The van der Waals surface area contributed by atoms with Gasteiger partial charge in [-0.2, -0.15) is 0 Å². The number of nitrogens with one attached hydrogen (secondary N) is 1. The summed E-state index contributed by atoms with van der Waals surface area (Å²) in [6, 6.07) is 9.95. The summed E-state index contributed by atoms with van der Waals surface area (Å²) in [7, 11) is 1.58. The summed E-state index contributed by atoms with van der Waals surface area (Å²) in [5.74, 6) is 0.994. The molecule has 1 aromatic heterocycles. The van der Waals surface area contributed by atoms with Crippen LogP contribution in [-0.2, 0) is 4.79 Å². The van der Waals surface area contributed by atoms with Gasteiger partial charge in [0.2, 0.25) is 5.91 Å². The molecule has 3 rings (SSSR count). The summed E-state index contributed by atoms with van der Waals surface area (Å²) in [5.41, 5.74) is 5.08. The zero-order chi connectivity index (χ0) is 21.7. The second-order valence-corrected chi connectivity index (χ2v) is 8.36. The summed E-state index contributed by atoms with van der Waals surface area (Å²) >= 11 is 4.89. The van der Waals surface area contributed by atoms with E-state index in [1.807, 2.05) is 24.4 Å². The Kier molecular flexibility index (Phi) is 7.29. The molecule has 7 heteroatoms. The number of thiazole rings is 1. The summed E-state index contributed by atoms with van der Waals surface area (Å²) in [4.78, 5) is 16.9. The van der Waals surface area contributed by atoms with Gasteiger partial charge in [0.05, 0.1) is 23.9 Å². The molecule has 0 bridgehead atoms. The van der Waals surface area contributed by atoms with Crippen LogP contribution in [-0.4, -0.2) is 24.6 Å². The van der Waals surface area contributed by atoms with Crippen LogP contribution in [0.15, 0.2) is 46.3 Å². The molecule has 0 saturated heterocycles. The van der Waals surface area contributed by atoms with E-state index in [1.165, 1.54) is 23.0 Å². The lowest BCUT2D eigenvalue weighted by Crippen LogP contribution is -2.07. The van der Waals surface area contributed by atoms with E-state index in [0.717, 1.165) is 26.9 Å². The van der Waals surface area contributed by atoms with Crippen LogP contribution in [0.1, 0.15) is 23.6 Å². The second-order valence-electron chi connectivity index (χ2n) is 6.65. The minimum absolute atomic E-state index is 0.249. The van der Waals surface area contributed by atoms with Gasteiger partial charge in [-0.15, -0.1) is 11.3 Å². The first-order valence-corrected chi connectivity index (χ1v) is 11.1.